The second-order valence-electron chi connectivity index (χ2n) is 3.89. The molecule has 2 rings (SSSR count). The Morgan fingerprint density at radius 1 is 1.53 bits per heavy atom. The molecule has 4 heteroatoms. The zero-order chi connectivity index (χ0) is 11.1. The molecule has 1 aliphatic carbocycles. The highest BCUT2D eigenvalue weighted by Crippen LogP contribution is 2.50. The predicted molar refractivity (Wildman–Crippen MR) is 54.1 cm³/mol. The van der Waals surface area contributed by atoms with Gasteiger partial charge in [-0.25, -0.2) is 0 Å². The predicted octanol–water partition coefficient (Wildman–Crippen LogP) is 1.51. The van der Waals surface area contributed by atoms with Gasteiger partial charge in [0.2, 0.25) is 0 Å². The minimum absolute atomic E-state index is 0.567. The number of methoxy groups -OCH3 is 1. The molecule has 1 aliphatic rings. The molecule has 1 fully saturated rings. The molecule has 1 aromatic heterocycles. The molecule has 0 bridgehead atoms. The summed E-state index contributed by atoms with van der Waals surface area (Å²) in [5, 5.41) is 9.17. The van der Waals surface area contributed by atoms with E-state index in [9.17, 15) is 9.90 Å². The maximum absolute atomic E-state index is 11.2. The monoisotopic (exact) mass is 207 g/mol. The summed E-state index contributed by atoms with van der Waals surface area (Å²) in [4.78, 5) is 15.5. The van der Waals surface area contributed by atoms with E-state index >= 15 is 0 Å². The number of carboxylic acid groups (broad SMARTS) is 1. The van der Waals surface area contributed by atoms with E-state index in [1.54, 1.807) is 6.07 Å². The first-order valence-corrected chi connectivity index (χ1v) is 4.86. The van der Waals surface area contributed by atoms with Crippen LogP contribution >= 0.6 is 0 Å². The van der Waals surface area contributed by atoms with E-state index in [0.29, 0.717) is 24.3 Å². The number of aryl methyl sites for hydroxylation is 1. The van der Waals surface area contributed by atoms with Gasteiger partial charge in [0.05, 0.1) is 12.8 Å². The fraction of sp³-hybridized carbons (Fsp3) is 0.455. The summed E-state index contributed by atoms with van der Waals surface area (Å²) in [6.45, 7) is 1.85. The van der Waals surface area contributed by atoms with Gasteiger partial charge in [-0.2, -0.15) is 0 Å². The van der Waals surface area contributed by atoms with Crippen molar-refractivity contribution in [2.24, 2.45) is 0 Å². The van der Waals surface area contributed by atoms with Crippen LogP contribution in [0.25, 0.3) is 0 Å². The van der Waals surface area contributed by atoms with Gasteiger partial charge in [0, 0.05) is 5.69 Å². The third kappa shape index (κ3) is 1.46. The molecule has 80 valence electrons. The van der Waals surface area contributed by atoms with Crippen LogP contribution in [0.15, 0.2) is 12.1 Å². The molecule has 1 aromatic rings. The van der Waals surface area contributed by atoms with Crippen LogP contribution in [0.4, 0.5) is 0 Å². The first-order chi connectivity index (χ1) is 7.10. The molecule has 0 amide bonds. The largest absolute Gasteiger partial charge is 0.495 e. The van der Waals surface area contributed by atoms with Crippen molar-refractivity contribution >= 4 is 5.97 Å². The Morgan fingerprint density at radius 3 is 2.67 bits per heavy atom. The first-order valence-electron chi connectivity index (χ1n) is 4.86. The molecule has 1 N–H and O–H groups in total. The molecular formula is C11H13NO3. The Kier molecular flexibility index (Phi) is 2.14. The Bertz CT molecular complexity index is 410. The Hall–Kier alpha value is -1.58. The van der Waals surface area contributed by atoms with Crippen molar-refractivity contribution in [1.82, 2.24) is 4.98 Å². The van der Waals surface area contributed by atoms with Crippen LogP contribution in [-0.4, -0.2) is 23.2 Å². The van der Waals surface area contributed by atoms with Crippen LogP contribution in [0, 0.1) is 6.92 Å². The molecular weight excluding hydrogens is 194 g/mol. The lowest BCUT2D eigenvalue weighted by molar-refractivity contribution is -0.140. The van der Waals surface area contributed by atoms with E-state index in [1.165, 1.54) is 7.11 Å². The number of nitrogens with zero attached hydrogens (tertiary/aromatic N) is 1. The lowest BCUT2D eigenvalue weighted by atomic mass is 10.0. The number of hydrogen-bond donors (Lipinski definition) is 1. The van der Waals surface area contributed by atoms with Crippen LogP contribution in [0.2, 0.25) is 0 Å². The number of aromatic nitrogens is 1. The van der Waals surface area contributed by atoms with E-state index in [2.05, 4.69) is 4.98 Å². The zero-order valence-corrected chi connectivity index (χ0v) is 8.78. The maximum Gasteiger partial charge on any atom is 0.315 e. The molecule has 4 nitrogen and oxygen atoms in total. The second kappa shape index (κ2) is 3.22. The number of ether oxygens (including phenoxy) is 1. The van der Waals surface area contributed by atoms with Crippen molar-refractivity contribution in [2.45, 2.75) is 25.2 Å². The average Bonchev–Trinajstić information content (AvgIpc) is 2.98. The summed E-state index contributed by atoms with van der Waals surface area (Å²) < 4.78 is 5.15. The van der Waals surface area contributed by atoms with Crippen LogP contribution in [0.5, 0.6) is 5.75 Å². The van der Waals surface area contributed by atoms with Crippen LogP contribution in [0.1, 0.15) is 24.2 Å². The summed E-state index contributed by atoms with van der Waals surface area (Å²) in [6.07, 6.45) is 1.30. The van der Waals surface area contributed by atoms with E-state index in [0.717, 1.165) is 5.69 Å². The quantitative estimate of drug-likeness (QED) is 0.816. The second-order valence-corrected chi connectivity index (χ2v) is 3.89. The summed E-state index contributed by atoms with van der Waals surface area (Å²) in [6, 6.07) is 3.60. The highest BCUT2D eigenvalue weighted by Gasteiger charge is 2.54. The standard InChI is InChI=1S/C11H13NO3/c1-7-3-4-8(15-2)9(12-7)11(5-6-11)10(13)14/h3-4H,5-6H2,1-2H3,(H,13,14). The van der Waals surface area contributed by atoms with E-state index in [4.69, 9.17) is 4.74 Å². The molecule has 0 unspecified atom stereocenters. The van der Waals surface area contributed by atoms with Crippen molar-refractivity contribution < 1.29 is 14.6 Å². The van der Waals surface area contributed by atoms with E-state index in [-0.39, 0.29) is 0 Å². The fourth-order valence-electron chi connectivity index (χ4n) is 1.73. The summed E-state index contributed by atoms with van der Waals surface area (Å²) >= 11 is 0. The number of carboxylic acids is 1. The van der Waals surface area contributed by atoms with Gasteiger partial charge < -0.3 is 9.84 Å². The maximum atomic E-state index is 11.2. The van der Waals surface area contributed by atoms with Gasteiger partial charge >= 0.3 is 5.97 Å². The van der Waals surface area contributed by atoms with Gasteiger partial charge in [-0.05, 0) is 31.9 Å². The minimum atomic E-state index is -0.807. The van der Waals surface area contributed by atoms with Crippen molar-refractivity contribution in [1.29, 1.82) is 0 Å². The topological polar surface area (TPSA) is 59.4 Å². The molecule has 1 heterocycles. The molecule has 0 saturated heterocycles. The molecule has 0 radical (unpaired) electrons. The lowest BCUT2D eigenvalue weighted by Crippen LogP contribution is -2.22. The first kappa shape index (κ1) is 9.96. The van der Waals surface area contributed by atoms with Gasteiger partial charge in [-0.3, -0.25) is 9.78 Å². The van der Waals surface area contributed by atoms with Crippen LogP contribution < -0.4 is 4.74 Å². The number of aliphatic carboxylic acids is 1. The highest BCUT2D eigenvalue weighted by molar-refractivity contribution is 5.85. The average molecular weight is 207 g/mol. The van der Waals surface area contributed by atoms with Gasteiger partial charge in [0.1, 0.15) is 11.2 Å². The van der Waals surface area contributed by atoms with E-state index in [1.807, 2.05) is 13.0 Å². The minimum Gasteiger partial charge on any atom is -0.495 e. The third-order valence-corrected chi connectivity index (χ3v) is 2.83. The molecule has 0 aliphatic heterocycles. The van der Waals surface area contributed by atoms with Crippen molar-refractivity contribution in [3.63, 3.8) is 0 Å². The summed E-state index contributed by atoms with van der Waals surface area (Å²) in [5.41, 5.74) is 0.591. The van der Waals surface area contributed by atoms with Gasteiger partial charge in [0.15, 0.2) is 0 Å². The number of hydrogen-bond acceptors (Lipinski definition) is 3. The molecule has 0 aromatic carbocycles. The van der Waals surface area contributed by atoms with E-state index < -0.39 is 11.4 Å². The van der Waals surface area contributed by atoms with Gasteiger partial charge in [-0.1, -0.05) is 0 Å². The smallest absolute Gasteiger partial charge is 0.315 e. The Labute approximate surface area is 87.9 Å². The number of pyridine rings is 1. The van der Waals surface area contributed by atoms with Crippen molar-refractivity contribution in [2.75, 3.05) is 7.11 Å². The summed E-state index contributed by atoms with van der Waals surface area (Å²) in [7, 11) is 1.54. The van der Waals surface area contributed by atoms with Crippen molar-refractivity contribution in [3.05, 3.63) is 23.5 Å². The van der Waals surface area contributed by atoms with Crippen LogP contribution in [0.3, 0.4) is 0 Å². The molecule has 15 heavy (non-hydrogen) atoms. The van der Waals surface area contributed by atoms with Crippen LogP contribution in [-0.2, 0) is 10.2 Å². The number of carbonyl (C=O) groups is 1. The molecule has 1 saturated carbocycles. The lowest BCUT2D eigenvalue weighted by Gasteiger charge is -2.13. The van der Waals surface area contributed by atoms with Crippen molar-refractivity contribution in [3.8, 4) is 5.75 Å². The molecule has 0 atom stereocenters. The zero-order valence-electron chi connectivity index (χ0n) is 8.78. The number of rotatable bonds is 3. The Morgan fingerprint density at radius 2 is 2.20 bits per heavy atom. The SMILES string of the molecule is COc1ccc(C)nc1C1(C(=O)O)CC1. The van der Waals surface area contributed by atoms with Gasteiger partial charge in [-0.15, -0.1) is 0 Å². The Balaban J connectivity index is 2.51. The normalized spacial score (nSPS) is 17.2. The molecule has 0 spiro atoms. The van der Waals surface area contributed by atoms with Gasteiger partial charge in [0.25, 0.3) is 0 Å². The summed E-state index contributed by atoms with van der Waals surface area (Å²) in [5.74, 6) is -0.237. The fourth-order valence-corrected chi connectivity index (χ4v) is 1.73. The highest BCUT2D eigenvalue weighted by atomic mass is 16.5. The third-order valence-electron chi connectivity index (χ3n) is 2.83.